The van der Waals surface area contributed by atoms with E-state index in [0.29, 0.717) is 24.4 Å². The molecule has 102 valence electrons. The fraction of sp³-hybridized carbons (Fsp3) is 0.455. The number of rotatable bonds is 7. The Kier molecular flexibility index (Phi) is 4.62. The van der Waals surface area contributed by atoms with Crippen LogP contribution in [0.3, 0.4) is 0 Å². The summed E-state index contributed by atoms with van der Waals surface area (Å²) in [6.45, 7) is 0.894. The molecular formula is C11H17N7O. The fourth-order valence-electron chi connectivity index (χ4n) is 1.48. The minimum atomic E-state index is 0.194. The first-order valence-corrected chi connectivity index (χ1v) is 6.12. The summed E-state index contributed by atoms with van der Waals surface area (Å²) >= 11 is 0. The highest BCUT2D eigenvalue weighted by Gasteiger charge is 2.07. The van der Waals surface area contributed by atoms with Gasteiger partial charge in [0, 0.05) is 32.6 Å². The highest BCUT2D eigenvalue weighted by Crippen LogP contribution is 2.08. The van der Waals surface area contributed by atoms with Gasteiger partial charge in [0.2, 0.25) is 11.9 Å². The second-order valence-corrected chi connectivity index (χ2v) is 3.84. The highest BCUT2D eigenvalue weighted by atomic mass is 16.2. The van der Waals surface area contributed by atoms with Gasteiger partial charge in [0.25, 0.3) is 5.95 Å². The monoisotopic (exact) mass is 263 g/mol. The molecular weight excluding hydrogens is 246 g/mol. The molecule has 0 bridgehead atoms. The summed E-state index contributed by atoms with van der Waals surface area (Å²) in [6, 6.07) is 1.80. The number of aromatic nitrogens is 5. The summed E-state index contributed by atoms with van der Waals surface area (Å²) < 4.78 is 1.57. The van der Waals surface area contributed by atoms with Crippen molar-refractivity contribution in [3.63, 3.8) is 0 Å². The van der Waals surface area contributed by atoms with Crippen LogP contribution in [0.15, 0.2) is 18.5 Å². The van der Waals surface area contributed by atoms with Crippen LogP contribution in [-0.2, 0) is 0 Å². The molecule has 0 aliphatic carbocycles. The molecule has 3 N–H and O–H groups in total. The molecule has 0 spiro atoms. The van der Waals surface area contributed by atoms with Crippen LogP contribution >= 0.6 is 0 Å². The maximum absolute atomic E-state index is 8.72. The third-order valence-corrected chi connectivity index (χ3v) is 2.42. The molecule has 8 nitrogen and oxygen atoms in total. The molecule has 2 aromatic heterocycles. The lowest BCUT2D eigenvalue weighted by Crippen LogP contribution is -2.12. The lowest BCUT2D eigenvalue weighted by Gasteiger charge is -2.08. The molecule has 0 aliphatic rings. The van der Waals surface area contributed by atoms with E-state index < -0.39 is 0 Å². The predicted molar refractivity (Wildman–Crippen MR) is 71.3 cm³/mol. The zero-order valence-electron chi connectivity index (χ0n) is 10.7. The fourth-order valence-corrected chi connectivity index (χ4v) is 1.48. The average Bonchev–Trinajstić information content (AvgIpc) is 2.97. The molecule has 0 saturated carbocycles. The van der Waals surface area contributed by atoms with Crippen molar-refractivity contribution in [1.82, 2.24) is 24.7 Å². The first-order chi connectivity index (χ1) is 9.33. The Morgan fingerprint density at radius 1 is 1.21 bits per heavy atom. The number of anilines is 2. The average molecular weight is 263 g/mol. The van der Waals surface area contributed by atoms with Gasteiger partial charge in [-0.2, -0.15) is 20.1 Å². The summed E-state index contributed by atoms with van der Waals surface area (Å²) in [5.74, 6) is 1.42. The van der Waals surface area contributed by atoms with Gasteiger partial charge in [-0.25, -0.2) is 4.68 Å². The van der Waals surface area contributed by atoms with E-state index >= 15 is 0 Å². The van der Waals surface area contributed by atoms with Crippen LogP contribution in [0.25, 0.3) is 5.95 Å². The molecule has 0 amide bonds. The van der Waals surface area contributed by atoms with Crippen LogP contribution < -0.4 is 10.6 Å². The van der Waals surface area contributed by atoms with Gasteiger partial charge in [-0.3, -0.25) is 0 Å². The number of nitrogens with one attached hydrogen (secondary N) is 2. The van der Waals surface area contributed by atoms with Crippen LogP contribution in [0.4, 0.5) is 11.9 Å². The maximum atomic E-state index is 8.72. The number of nitrogens with zero attached hydrogens (tertiary/aromatic N) is 5. The molecule has 0 saturated heterocycles. The molecule has 2 heterocycles. The Morgan fingerprint density at radius 3 is 2.74 bits per heavy atom. The quantitative estimate of drug-likeness (QED) is 0.617. The molecule has 0 radical (unpaired) electrons. The van der Waals surface area contributed by atoms with Gasteiger partial charge in [-0.15, -0.1) is 0 Å². The number of unbranched alkanes of at least 4 members (excludes halogenated alkanes) is 1. The Hall–Kier alpha value is -2.22. The third kappa shape index (κ3) is 3.62. The number of hydrogen-bond acceptors (Lipinski definition) is 7. The van der Waals surface area contributed by atoms with Gasteiger partial charge in [-0.05, 0) is 18.9 Å². The zero-order chi connectivity index (χ0) is 13.5. The zero-order valence-corrected chi connectivity index (χ0v) is 10.7. The van der Waals surface area contributed by atoms with Gasteiger partial charge in [0.05, 0.1) is 0 Å². The van der Waals surface area contributed by atoms with Gasteiger partial charge in [-0.1, -0.05) is 0 Å². The Labute approximate surface area is 110 Å². The number of hydrogen-bond donors (Lipinski definition) is 3. The topological polar surface area (TPSA) is 101 Å². The summed E-state index contributed by atoms with van der Waals surface area (Å²) in [5.41, 5.74) is 0. The lowest BCUT2D eigenvalue weighted by atomic mass is 10.3. The number of aliphatic hydroxyl groups excluding tert-OH is 1. The van der Waals surface area contributed by atoms with Crippen molar-refractivity contribution in [1.29, 1.82) is 0 Å². The van der Waals surface area contributed by atoms with Crippen molar-refractivity contribution in [3.8, 4) is 5.95 Å². The minimum absolute atomic E-state index is 0.194. The first kappa shape index (κ1) is 13.2. The van der Waals surface area contributed by atoms with E-state index in [4.69, 9.17) is 5.11 Å². The van der Waals surface area contributed by atoms with E-state index in [0.717, 1.165) is 12.8 Å². The maximum Gasteiger partial charge on any atom is 0.257 e. The Balaban J connectivity index is 2.12. The molecule has 0 fully saturated rings. The van der Waals surface area contributed by atoms with Crippen molar-refractivity contribution in [2.75, 3.05) is 30.8 Å². The van der Waals surface area contributed by atoms with Gasteiger partial charge >= 0.3 is 0 Å². The van der Waals surface area contributed by atoms with Crippen molar-refractivity contribution in [2.24, 2.45) is 0 Å². The summed E-state index contributed by atoms with van der Waals surface area (Å²) in [4.78, 5) is 12.7. The molecule has 0 aromatic carbocycles. The van der Waals surface area contributed by atoms with Crippen molar-refractivity contribution in [3.05, 3.63) is 18.5 Å². The summed E-state index contributed by atoms with van der Waals surface area (Å²) in [6.07, 6.45) is 5.04. The summed E-state index contributed by atoms with van der Waals surface area (Å²) in [7, 11) is 1.75. The van der Waals surface area contributed by atoms with E-state index in [1.54, 1.807) is 30.2 Å². The van der Waals surface area contributed by atoms with Crippen LogP contribution in [-0.4, -0.2) is 50.0 Å². The minimum Gasteiger partial charge on any atom is -0.396 e. The van der Waals surface area contributed by atoms with E-state index in [-0.39, 0.29) is 6.61 Å². The van der Waals surface area contributed by atoms with E-state index in [1.807, 2.05) is 0 Å². The molecule has 2 rings (SSSR count). The van der Waals surface area contributed by atoms with Crippen LogP contribution in [0, 0.1) is 0 Å². The molecule has 0 aliphatic heterocycles. The first-order valence-electron chi connectivity index (χ1n) is 6.12. The Bertz CT molecular complexity index is 500. The summed E-state index contributed by atoms with van der Waals surface area (Å²) in [5, 5.41) is 18.8. The normalized spacial score (nSPS) is 10.4. The molecule has 19 heavy (non-hydrogen) atoms. The Morgan fingerprint density at radius 2 is 2.05 bits per heavy atom. The largest absolute Gasteiger partial charge is 0.396 e. The third-order valence-electron chi connectivity index (χ3n) is 2.42. The SMILES string of the molecule is CNc1nc(NCCCCO)nc(-n2cccn2)n1. The van der Waals surface area contributed by atoms with Gasteiger partial charge < -0.3 is 15.7 Å². The van der Waals surface area contributed by atoms with Gasteiger partial charge in [0.1, 0.15) is 0 Å². The van der Waals surface area contributed by atoms with E-state index in [9.17, 15) is 0 Å². The van der Waals surface area contributed by atoms with Crippen molar-refractivity contribution >= 4 is 11.9 Å². The molecule has 2 aromatic rings. The predicted octanol–water partition coefficient (Wildman–Crippen LogP) is 0.283. The molecule has 8 heteroatoms. The van der Waals surface area contributed by atoms with Crippen LogP contribution in [0.2, 0.25) is 0 Å². The van der Waals surface area contributed by atoms with Crippen LogP contribution in [0.5, 0.6) is 0 Å². The lowest BCUT2D eigenvalue weighted by molar-refractivity contribution is 0.286. The smallest absolute Gasteiger partial charge is 0.257 e. The van der Waals surface area contributed by atoms with E-state index in [1.165, 1.54) is 0 Å². The van der Waals surface area contributed by atoms with Crippen molar-refractivity contribution < 1.29 is 5.11 Å². The van der Waals surface area contributed by atoms with Crippen molar-refractivity contribution in [2.45, 2.75) is 12.8 Å². The van der Waals surface area contributed by atoms with Crippen LogP contribution in [0.1, 0.15) is 12.8 Å². The molecule has 0 unspecified atom stereocenters. The second-order valence-electron chi connectivity index (χ2n) is 3.84. The number of aliphatic hydroxyl groups is 1. The molecule has 0 atom stereocenters. The second kappa shape index (κ2) is 6.64. The standard InChI is InChI=1S/C11H17N7O/c1-12-9-15-10(13-5-2-3-8-19)17-11(16-9)18-7-4-6-14-18/h4,6-7,19H,2-3,5,8H2,1H3,(H2,12,13,15,16,17). The van der Waals surface area contributed by atoms with E-state index in [2.05, 4.69) is 30.7 Å². The van der Waals surface area contributed by atoms with Gasteiger partial charge in [0.15, 0.2) is 0 Å². The highest BCUT2D eigenvalue weighted by molar-refractivity contribution is 5.37.